The smallest absolute Gasteiger partial charge is 0.226 e. The third kappa shape index (κ3) is 6.17. The number of nitrogens with one attached hydrogen (secondary N) is 1. The van der Waals surface area contributed by atoms with E-state index in [2.05, 4.69) is 193 Å². The molecule has 0 atom stereocenters. The molecule has 11 aromatic rings. The fraction of sp³-hybridized carbons (Fsp3) is 0.0517. The molecule has 0 amide bonds. The number of rotatable bonds is 6. The second-order valence-electron chi connectivity index (χ2n) is 17.0. The number of H-pyrrole nitrogens is 1. The molecule has 0 aliphatic heterocycles. The topological polar surface area (TPSA) is 54.5 Å². The van der Waals surface area contributed by atoms with Crippen molar-refractivity contribution in [1.82, 2.24) is 19.9 Å². The first-order valence-corrected chi connectivity index (χ1v) is 21.7. The van der Waals surface area contributed by atoms with Crippen molar-refractivity contribution in [2.24, 2.45) is 0 Å². The van der Waals surface area contributed by atoms with Gasteiger partial charge < -0.3 is 4.98 Å². The van der Waals surface area contributed by atoms with E-state index in [-0.39, 0.29) is 10.7 Å². The molecule has 1 aliphatic carbocycles. The lowest BCUT2D eigenvalue weighted by Gasteiger charge is -2.25. The molecule has 0 radical (unpaired) electrons. The van der Waals surface area contributed by atoms with E-state index in [0.717, 1.165) is 44.4 Å². The van der Waals surface area contributed by atoms with Gasteiger partial charge in [0.15, 0.2) is 11.6 Å². The van der Waals surface area contributed by atoms with Crippen molar-refractivity contribution in [3.63, 3.8) is 0 Å². The minimum atomic E-state index is -0.196. The summed E-state index contributed by atoms with van der Waals surface area (Å²) in [5, 5.41) is 5.17. The van der Waals surface area contributed by atoms with E-state index in [1.807, 2.05) is 30.3 Å². The van der Waals surface area contributed by atoms with Crippen LogP contribution in [-0.2, 0) is 5.41 Å². The maximum Gasteiger partial charge on any atom is 0.226 e. The van der Waals surface area contributed by atoms with Gasteiger partial charge in [0.05, 0.1) is 5.52 Å². The number of fused-ring (bicyclic) bond motifs is 8. The highest BCUT2D eigenvalue weighted by Crippen LogP contribution is 2.54. The molecular weight excluding hydrogens is 788 g/mol. The number of hydrogen-bond acceptors (Lipinski definition) is 3. The van der Waals surface area contributed by atoms with E-state index in [0.29, 0.717) is 11.6 Å². The van der Waals surface area contributed by atoms with E-state index in [4.69, 9.17) is 16.6 Å². The minimum Gasteiger partial charge on any atom is -0.354 e. The van der Waals surface area contributed by atoms with Crippen LogP contribution >= 0.6 is 11.6 Å². The monoisotopic (exact) mass is 826 g/mol. The van der Waals surface area contributed by atoms with Gasteiger partial charge in [0, 0.05) is 38.4 Å². The summed E-state index contributed by atoms with van der Waals surface area (Å²) in [7, 11) is 0. The number of aromatic nitrogens is 4. The molecule has 4 nitrogen and oxygen atoms in total. The van der Waals surface area contributed by atoms with Gasteiger partial charge in [-0.2, -0.15) is 9.97 Å². The van der Waals surface area contributed by atoms with Gasteiger partial charge in [0.1, 0.15) is 0 Å². The number of benzene rings is 9. The van der Waals surface area contributed by atoms with Crippen LogP contribution in [0.15, 0.2) is 194 Å². The Labute approximate surface area is 370 Å². The summed E-state index contributed by atoms with van der Waals surface area (Å²) in [6.07, 6.45) is 0. The van der Waals surface area contributed by atoms with Crippen LogP contribution < -0.4 is 0 Å². The molecule has 9 aromatic carbocycles. The van der Waals surface area contributed by atoms with Crippen LogP contribution in [-0.4, -0.2) is 19.9 Å². The highest BCUT2D eigenvalue weighted by molar-refractivity contribution is 6.28. The molecule has 0 saturated heterocycles. The van der Waals surface area contributed by atoms with Crippen molar-refractivity contribution >= 4 is 44.2 Å². The Kier molecular flexibility index (Phi) is 8.53. The van der Waals surface area contributed by atoms with E-state index in [1.54, 1.807) is 0 Å². The average Bonchev–Trinajstić information content (AvgIpc) is 3.84. The maximum absolute atomic E-state index is 6.52. The lowest BCUT2D eigenvalue weighted by atomic mass is 9.78. The van der Waals surface area contributed by atoms with Gasteiger partial charge in [-0.3, -0.25) is 0 Å². The largest absolute Gasteiger partial charge is 0.354 e. The quantitative estimate of drug-likeness (QED) is 0.182. The molecule has 63 heavy (non-hydrogen) atoms. The Hall–Kier alpha value is -7.66. The van der Waals surface area contributed by atoms with E-state index < -0.39 is 0 Å². The molecule has 1 aliphatic rings. The number of nitrogens with zero attached hydrogens (tertiary/aromatic N) is 3. The summed E-state index contributed by atoms with van der Waals surface area (Å²) >= 11 is 6.52. The van der Waals surface area contributed by atoms with Gasteiger partial charge in [-0.15, -0.1) is 0 Å². The lowest BCUT2D eigenvalue weighted by Crippen LogP contribution is -2.16. The Morgan fingerprint density at radius 2 is 0.984 bits per heavy atom. The SMILES string of the molecule is CC1(C)c2ccccc2-c2cc(-c3cccc4c3[nH]c3ccc5ccccc5c34)cc(-c3cccc(-c4ccc(-c5nc(Cl)nc(-c6ccc(-c7ccccc7)cc6)n5)cc4)c3)c21. The minimum absolute atomic E-state index is 0.160. The second kappa shape index (κ2) is 14.5. The van der Waals surface area contributed by atoms with Crippen molar-refractivity contribution in [2.75, 3.05) is 0 Å². The Morgan fingerprint density at radius 3 is 1.76 bits per heavy atom. The summed E-state index contributed by atoms with van der Waals surface area (Å²) in [6.45, 7) is 4.73. The van der Waals surface area contributed by atoms with E-state index in [9.17, 15) is 0 Å². The summed E-state index contributed by atoms with van der Waals surface area (Å²) in [6, 6.07) is 69.5. The molecule has 0 bridgehead atoms. The molecular formula is C58H39ClN4. The third-order valence-electron chi connectivity index (χ3n) is 13.0. The second-order valence-corrected chi connectivity index (χ2v) is 17.4. The molecule has 0 fully saturated rings. The molecule has 0 spiro atoms. The van der Waals surface area contributed by atoms with Crippen LogP contribution in [0.3, 0.4) is 0 Å². The molecule has 0 saturated carbocycles. The Bertz CT molecular complexity index is 3590. The van der Waals surface area contributed by atoms with Gasteiger partial charge in [-0.05, 0) is 108 Å². The van der Waals surface area contributed by atoms with E-state index >= 15 is 0 Å². The van der Waals surface area contributed by atoms with Crippen LogP contribution in [0, 0.1) is 0 Å². The maximum atomic E-state index is 6.52. The first-order chi connectivity index (χ1) is 30.9. The first kappa shape index (κ1) is 37.1. The summed E-state index contributed by atoms with van der Waals surface area (Å²) < 4.78 is 0. The van der Waals surface area contributed by atoms with Gasteiger partial charge in [-0.25, -0.2) is 4.98 Å². The highest BCUT2D eigenvalue weighted by atomic mass is 35.5. The van der Waals surface area contributed by atoms with Crippen molar-refractivity contribution in [3.05, 3.63) is 211 Å². The van der Waals surface area contributed by atoms with Gasteiger partial charge in [-0.1, -0.05) is 184 Å². The lowest BCUT2D eigenvalue weighted by molar-refractivity contribution is 0.662. The van der Waals surface area contributed by atoms with Crippen molar-refractivity contribution in [1.29, 1.82) is 0 Å². The number of hydrogen-bond donors (Lipinski definition) is 1. The summed E-state index contributed by atoms with van der Waals surface area (Å²) in [5.41, 5.74) is 18.5. The molecule has 0 unspecified atom stereocenters. The van der Waals surface area contributed by atoms with Crippen molar-refractivity contribution < 1.29 is 0 Å². The summed E-state index contributed by atoms with van der Waals surface area (Å²) in [4.78, 5) is 17.7. The standard InChI is InChI=1S/C58H39ClN4/c1-58(2)50-21-9-8-18-46(50)49-34-43(45-19-11-20-47-52-44-17-7-6-14-38(44)30-31-51(52)60-54(45)47)33-48(53(49)58)42-16-10-15-41(32-42)37-24-28-40(29-25-37)56-61-55(62-57(59)63-56)39-26-22-36(23-27-39)35-12-4-3-5-13-35/h3-34,60H,1-2H3. The number of aromatic amines is 1. The predicted molar refractivity (Wildman–Crippen MR) is 262 cm³/mol. The molecule has 2 aromatic heterocycles. The molecule has 12 rings (SSSR count). The fourth-order valence-corrected chi connectivity index (χ4v) is 10.1. The average molecular weight is 827 g/mol. The van der Waals surface area contributed by atoms with Gasteiger partial charge in [0.25, 0.3) is 0 Å². The van der Waals surface area contributed by atoms with Crippen LogP contribution in [0.4, 0.5) is 0 Å². The molecule has 2 heterocycles. The predicted octanol–water partition coefficient (Wildman–Crippen LogP) is 15.6. The Morgan fingerprint density at radius 1 is 0.413 bits per heavy atom. The zero-order chi connectivity index (χ0) is 42.2. The number of halogens is 1. The van der Waals surface area contributed by atoms with Crippen LogP contribution in [0.5, 0.6) is 0 Å². The van der Waals surface area contributed by atoms with Crippen LogP contribution in [0.2, 0.25) is 5.28 Å². The van der Waals surface area contributed by atoms with Gasteiger partial charge >= 0.3 is 0 Å². The summed E-state index contributed by atoms with van der Waals surface area (Å²) in [5.74, 6) is 1.07. The van der Waals surface area contributed by atoms with Gasteiger partial charge in [0.2, 0.25) is 5.28 Å². The molecule has 1 N–H and O–H groups in total. The highest BCUT2D eigenvalue weighted by Gasteiger charge is 2.38. The third-order valence-corrected chi connectivity index (χ3v) is 13.2. The van der Waals surface area contributed by atoms with E-state index in [1.165, 1.54) is 66.1 Å². The normalized spacial score (nSPS) is 12.8. The first-order valence-electron chi connectivity index (χ1n) is 21.4. The fourth-order valence-electron chi connectivity index (χ4n) is 9.97. The number of para-hydroxylation sites is 1. The zero-order valence-corrected chi connectivity index (χ0v) is 35.5. The van der Waals surface area contributed by atoms with Crippen molar-refractivity contribution in [3.8, 4) is 78.4 Å². The molecule has 5 heteroatoms. The van der Waals surface area contributed by atoms with Crippen molar-refractivity contribution in [2.45, 2.75) is 19.3 Å². The van der Waals surface area contributed by atoms with Crippen LogP contribution in [0.1, 0.15) is 25.0 Å². The zero-order valence-electron chi connectivity index (χ0n) is 34.7. The molecule has 298 valence electrons. The van der Waals surface area contributed by atoms with Crippen LogP contribution in [0.25, 0.3) is 111 Å². The Balaban J connectivity index is 0.939.